The van der Waals surface area contributed by atoms with Crippen LogP contribution in [0.25, 0.3) is 10.9 Å². The quantitative estimate of drug-likeness (QED) is 0.685. The van der Waals surface area contributed by atoms with Crippen LogP contribution in [0.4, 0.5) is 0 Å². The summed E-state index contributed by atoms with van der Waals surface area (Å²) < 4.78 is 0. The zero-order valence-electron chi connectivity index (χ0n) is 7.96. The molecule has 0 aliphatic rings. The van der Waals surface area contributed by atoms with Crippen LogP contribution in [0.5, 0.6) is 0 Å². The smallest absolute Gasteiger partial charge is 0.0460 e. The van der Waals surface area contributed by atoms with E-state index >= 15 is 0 Å². The normalized spacial score (nSPS) is 13.5. The number of nitrogens with one attached hydrogen (secondary N) is 1. The van der Waals surface area contributed by atoms with E-state index < -0.39 is 0 Å². The fraction of sp³-hybridized carbons (Fsp3) is 0.273. The van der Waals surface area contributed by atoms with E-state index in [-0.39, 0.29) is 6.04 Å². The number of hydrogen-bond donors (Lipinski definition) is 2. The van der Waals surface area contributed by atoms with E-state index in [2.05, 4.69) is 30.1 Å². The summed E-state index contributed by atoms with van der Waals surface area (Å²) >= 11 is 0. The summed E-state index contributed by atoms with van der Waals surface area (Å²) in [5, 5.41) is 1.24. The van der Waals surface area contributed by atoms with E-state index in [1.807, 2.05) is 13.1 Å². The molecule has 1 aromatic carbocycles. The molecular formula is C11H14N2. The summed E-state index contributed by atoms with van der Waals surface area (Å²) in [6, 6.07) is 6.47. The number of aromatic nitrogens is 1. The van der Waals surface area contributed by atoms with E-state index in [0.29, 0.717) is 0 Å². The molecule has 1 heterocycles. The molecule has 1 aromatic heterocycles. The van der Waals surface area contributed by atoms with E-state index in [4.69, 9.17) is 5.73 Å². The highest BCUT2D eigenvalue weighted by Gasteiger charge is 2.06. The molecule has 0 saturated heterocycles. The predicted molar refractivity (Wildman–Crippen MR) is 55.6 cm³/mol. The van der Waals surface area contributed by atoms with Gasteiger partial charge < -0.3 is 10.7 Å². The SMILES string of the molecule is Cc1ccc2c([C@@H](C)N)c[nH]c2c1. The van der Waals surface area contributed by atoms with Gasteiger partial charge in [-0.3, -0.25) is 0 Å². The van der Waals surface area contributed by atoms with Crippen molar-refractivity contribution in [1.29, 1.82) is 0 Å². The van der Waals surface area contributed by atoms with Gasteiger partial charge in [-0.2, -0.15) is 0 Å². The van der Waals surface area contributed by atoms with Gasteiger partial charge in [0, 0.05) is 23.1 Å². The lowest BCUT2D eigenvalue weighted by Gasteiger charge is -2.02. The third kappa shape index (κ3) is 1.33. The number of rotatable bonds is 1. The number of hydrogen-bond acceptors (Lipinski definition) is 1. The second-order valence-corrected chi connectivity index (χ2v) is 3.58. The third-order valence-electron chi connectivity index (χ3n) is 2.36. The second kappa shape index (κ2) is 2.89. The van der Waals surface area contributed by atoms with Crippen molar-refractivity contribution >= 4 is 10.9 Å². The minimum Gasteiger partial charge on any atom is -0.361 e. The lowest BCUT2D eigenvalue weighted by molar-refractivity contribution is 0.826. The summed E-state index contributed by atoms with van der Waals surface area (Å²) in [5.41, 5.74) is 9.47. The van der Waals surface area contributed by atoms with Crippen LogP contribution >= 0.6 is 0 Å². The Labute approximate surface area is 77.8 Å². The topological polar surface area (TPSA) is 41.8 Å². The largest absolute Gasteiger partial charge is 0.361 e. The van der Waals surface area contributed by atoms with Crippen molar-refractivity contribution in [3.05, 3.63) is 35.5 Å². The molecule has 2 rings (SSSR count). The van der Waals surface area contributed by atoms with Crippen LogP contribution in [0.3, 0.4) is 0 Å². The molecule has 1 atom stereocenters. The van der Waals surface area contributed by atoms with E-state index in [9.17, 15) is 0 Å². The van der Waals surface area contributed by atoms with Crippen molar-refractivity contribution < 1.29 is 0 Å². The van der Waals surface area contributed by atoms with Gasteiger partial charge in [0.1, 0.15) is 0 Å². The molecule has 0 amide bonds. The molecule has 0 aliphatic carbocycles. The molecular weight excluding hydrogens is 160 g/mol. The predicted octanol–water partition coefficient (Wildman–Crippen LogP) is 2.50. The lowest BCUT2D eigenvalue weighted by Crippen LogP contribution is -2.03. The highest BCUT2D eigenvalue weighted by Crippen LogP contribution is 2.23. The van der Waals surface area contributed by atoms with Gasteiger partial charge in [-0.05, 0) is 31.0 Å². The number of nitrogens with two attached hydrogens (primary N) is 1. The first-order valence-electron chi connectivity index (χ1n) is 4.51. The molecule has 0 radical (unpaired) electrons. The van der Waals surface area contributed by atoms with Crippen molar-refractivity contribution in [3.63, 3.8) is 0 Å². The zero-order chi connectivity index (χ0) is 9.42. The van der Waals surface area contributed by atoms with Gasteiger partial charge in [0.25, 0.3) is 0 Å². The van der Waals surface area contributed by atoms with Crippen LogP contribution in [-0.2, 0) is 0 Å². The Morgan fingerprint density at radius 3 is 2.85 bits per heavy atom. The van der Waals surface area contributed by atoms with Crippen LogP contribution in [0.1, 0.15) is 24.1 Å². The highest BCUT2D eigenvalue weighted by molar-refractivity contribution is 5.84. The molecule has 0 fully saturated rings. The van der Waals surface area contributed by atoms with Gasteiger partial charge in [-0.15, -0.1) is 0 Å². The monoisotopic (exact) mass is 174 g/mol. The van der Waals surface area contributed by atoms with Crippen molar-refractivity contribution in [2.75, 3.05) is 0 Å². The Morgan fingerprint density at radius 1 is 1.38 bits per heavy atom. The zero-order valence-corrected chi connectivity index (χ0v) is 7.96. The number of H-pyrrole nitrogens is 1. The molecule has 0 unspecified atom stereocenters. The van der Waals surface area contributed by atoms with Gasteiger partial charge in [-0.25, -0.2) is 0 Å². The molecule has 2 aromatic rings. The van der Waals surface area contributed by atoms with Crippen molar-refractivity contribution in [2.45, 2.75) is 19.9 Å². The van der Waals surface area contributed by atoms with E-state index in [1.54, 1.807) is 0 Å². The molecule has 0 aliphatic heterocycles. The van der Waals surface area contributed by atoms with E-state index in [0.717, 1.165) is 0 Å². The van der Waals surface area contributed by atoms with Crippen LogP contribution in [0.15, 0.2) is 24.4 Å². The fourth-order valence-corrected chi connectivity index (χ4v) is 1.64. The number of aryl methyl sites for hydroxylation is 1. The van der Waals surface area contributed by atoms with Crippen LogP contribution in [0.2, 0.25) is 0 Å². The Kier molecular flexibility index (Phi) is 1.85. The summed E-state index contributed by atoms with van der Waals surface area (Å²) in [7, 11) is 0. The lowest BCUT2D eigenvalue weighted by atomic mass is 10.1. The Balaban J connectivity index is 2.69. The van der Waals surface area contributed by atoms with Gasteiger partial charge in [0.05, 0.1) is 0 Å². The fourth-order valence-electron chi connectivity index (χ4n) is 1.64. The average molecular weight is 174 g/mol. The second-order valence-electron chi connectivity index (χ2n) is 3.58. The van der Waals surface area contributed by atoms with Crippen molar-refractivity contribution in [3.8, 4) is 0 Å². The molecule has 2 nitrogen and oxygen atoms in total. The maximum atomic E-state index is 5.84. The summed E-state index contributed by atoms with van der Waals surface area (Å²) in [6.07, 6.45) is 1.99. The molecule has 2 heteroatoms. The number of fused-ring (bicyclic) bond motifs is 1. The molecule has 0 saturated carbocycles. The first-order valence-corrected chi connectivity index (χ1v) is 4.51. The number of benzene rings is 1. The Hall–Kier alpha value is -1.28. The minimum absolute atomic E-state index is 0.0939. The van der Waals surface area contributed by atoms with E-state index in [1.165, 1.54) is 22.0 Å². The first-order chi connectivity index (χ1) is 6.18. The first kappa shape index (κ1) is 8.32. The maximum absolute atomic E-state index is 5.84. The van der Waals surface area contributed by atoms with Crippen LogP contribution in [0, 0.1) is 6.92 Å². The van der Waals surface area contributed by atoms with Crippen LogP contribution in [-0.4, -0.2) is 4.98 Å². The molecule has 0 bridgehead atoms. The highest BCUT2D eigenvalue weighted by atomic mass is 14.7. The van der Waals surface area contributed by atoms with Gasteiger partial charge >= 0.3 is 0 Å². The standard InChI is InChI=1S/C11H14N2/c1-7-3-4-9-10(8(2)12)6-13-11(9)5-7/h3-6,8,13H,12H2,1-2H3/t8-/m1/s1. The number of aromatic amines is 1. The van der Waals surface area contributed by atoms with Gasteiger partial charge in [0.15, 0.2) is 0 Å². The van der Waals surface area contributed by atoms with Crippen molar-refractivity contribution in [1.82, 2.24) is 4.98 Å². The Bertz CT molecular complexity index is 427. The van der Waals surface area contributed by atoms with Gasteiger partial charge in [-0.1, -0.05) is 12.1 Å². The summed E-state index contributed by atoms with van der Waals surface area (Å²) in [6.45, 7) is 4.09. The molecule has 3 N–H and O–H groups in total. The average Bonchev–Trinajstić information content (AvgIpc) is 2.46. The molecule has 68 valence electrons. The molecule has 13 heavy (non-hydrogen) atoms. The maximum Gasteiger partial charge on any atom is 0.0460 e. The minimum atomic E-state index is 0.0939. The van der Waals surface area contributed by atoms with Gasteiger partial charge in [0.2, 0.25) is 0 Å². The van der Waals surface area contributed by atoms with Crippen molar-refractivity contribution in [2.24, 2.45) is 5.73 Å². The summed E-state index contributed by atoms with van der Waals surface area (Å²) in [4.78, 5) is 3.23. The molecule has 0 spiro atoms. The third-order valence-corrected chi connectivity index (χ3v) is 2.36. The summed E-state index contributed by atoms with van der Waals surface area (Å²) in [5.74, 6) is 0. The Morgan fingerprint density at radius 2 is 2.15 bits per heavy atom. The van der Waals surface area contributed by atoms with Crippen LogP contribution < -0.4 is 5.73 Å².